The first kappa shape index (κ1) is 18.0. The standard InChI is InChI=1S/C19H30N2O2/c1-18(2)11-14(12-19(3,4)21-18)10-17(23)20-13-16(22)15-8-6-5-7-9-15/h5-9,14,16,21-22H,10-13H2,1-4H3,(H,20,23)/t16-/m1/s1. The second-order valence-electron chi connectivity index (χ2n) is 8.10. The molecule has 0 aliphatic carbocycles. The van der Waals surface area contributed by atoms with Gasteiger partial charge in [-0.05, 0) is 52.0 Å². The van der Waals surface area contributed by atoms with E-state index >= 15 is 0 Å². The van der Waals surface area contributed by atoms with Crippen LogP contribution in [0.15, 0.2) is 30.3 Å². The Morgan fingerprint density at radius 1 is 1.22 bits per heavy atom. The molecule has 1 fully saturated rings. The van der Waals surface area contributed by atoms with Crippen molar-refractivity contribution in [2.45, 2.75) is 64.1 Å². The van der Waals surface area contributed by atoms with Gasteiger partial charge in [0.1, 0.15) is 0 Å². The molecule has 0 aromatic heterocycles. The molecule has 0 radical (unpaired) electrons. The van der Waals surface area contributed by atoms with Crippen LogP contribution in [0.5, 0.6) is 0 Å². The van der Waals surface area contributed by atoms with Gasteiger partial charge in [-0.15, -0.1) is 0 Å². The summed E-state index contributed by atoms with van der Waals surface area (Å²) in [4.78, 5) is 12.2. The molecular formula is C19H30N2O2. The third-order valence-electron chi connectivity index (χ3n) is 4.43. The van der Waals surface area contributed by atoms with Gasteiger partial charge in [-0.2, -0.15) is 0 Å². The van der Waals surface area contributed by atoms with Gasteiger partial charge >= 0.3 is 0 Å². The number of carbonyl (C=O) groups excluding carboxylic acids is 1. The third kappa shape index (κ3) is 5.63. The molecule has 128 valence electrons. The number of carbonyl (C=O) groups is 1. The molecule has 4 nitrogen and oxygen atoms in total. The number of rotatable bonds is 5. The minimum atomic E-state index is -0.652. The number of nitrogens with one attached hydrogen (secondary N) is 2. The van der Waals surface area contributed by atoms with Crippen molar-refractivity contribution >= 4 is 5.91 Å². The molecule has 1 aliphatic rings. The summed E-state index contributed by atoms with van der Waals surface area (Å²) in [5.41, 5.74) is 0.934. The molecule has 23 heavy (non-hydrogen) atoms. The van der Waals surface area contributed by atoms with Crippen LogP contribution in [0.25, 0.3) is 0 Å². The Morgan fingerprint density at radius 3 is 2.35 bits per heavy atom. The summed E-state index contributed by atoms with van der Waals surface area (Å²) in [6.07, 6.45) is 1.85. The number of hydrogen-bond donors (Lipinski definition) is 3. The lowest BCUT2D eigenvalue weighted by atomic mass is 9.74. The third-order valence-corrected chi connectivity index (χ3v) is 4.43. The van der Waals surface area contributed by atoms with Crippen molar-refractivity contribution in [2.24, 2.45) is 5.92 Å². The summed E-state index contributed by atoms with van der Waals surface area (Å²) in [6, 6.07) is 9.43. The van der Waals surface area contributed by atoms with E-state index in [1.54, 1.807) is 0 Å². The lowest BCUT2D eigenvalue weighted by Gasteiger charge is -2.46. The first-order valence-corrected chi connectivity index (χ1v) is 8.46. The number of hydrogen-bond acceptors (Lipinski definition) is 3. The first-order valence-electron chi connectivity index (χ1n) is 8.46. The van der Waals surface area contributed by atoms with Gasteiger partial charge in [0.15, 0.2) is 0 Å². The van der Waals surface area contributed by atoms with Crippen LogP contribution in [0.1, 0.15) is 58.6 Å². The Morgan fingerprint density at radius 2 is 1.78 bits per heavy atom. The predicted molar refractivity (Wildman–Crippen MR) is 93.0 cm³/mol. The molecule has 1 saturated heterocycles. The van der Waals surface area contributed by atoms with Gasteiger partial charge in [0.05, 0.1) is 6.10 Å². The number of aliphatic hydroxyl groups is 1. The minimum absolute atomic E-state index is 0.0264. The van der Waals surface area contributed by atoms with E-state index < -0.39 is 6.10 Å². The van der Waals surface area contributed by atoms with E-state index in [9.17, 15) is 9.90 Å². The number of piperidine rings is 1. The number of benzene rings is 1. The largest absolute Gasteiger partial charge is 0.387 e. The van der Waals surface area contributed by atoms with E-state index in [4.69, 9.17) is 0 Å². The molecular weight excluding hydrogens is 288 g/mol. The van der Waals surface area contributed by atoms with Crippen molar-refractivity contribution in [3.8, 4) is 0 Å². The number of aliphatic hydroxyl groups excluding tert-OH is 1. The van der Waals surface area contributed by atoms with E-state index in [1.807, 2.05) is 30.3 Å². The number of amides is 1. The van der Waals surface area contributed by atoms with Crippen molar-refractivity contribution in [3.05, 3.63) is 35.9 Å². The molecule has 1 atom stereocenters. The summed E-state index contributed by atoms with van der Waals surface area (Å²) in [5.74, 6) is 0.397. The van der Waals surface area contributed by atoms with E-state index in [1.165, 1.54) is 0 Å². The fourth-order valence-corrected chi connectivity index (χ4v) is 4.02. The van der Waals surface area contributed by atoms with E-state index in [-0.39, 0.29) is 23.5 Å². The predicted octanol–water partition coefficient (Wildman–Crippen LogP) is 2.78. The van der Waals surface area contributed by atoms with Crippen LogP contribution in [-0.2, 0) is 4.79 Å². The van der Waals surface area contributed by atoms with Crippen LogP contribution >= 0.6 is 0 Å². The zero-order chi connectivity index (χ0) is 17.1. The van der Waals surface area contributed by atoms with Crippen LogP contribution in [-0.4, -0.2) is 28.6 Å². The summed E-state index contributed by atoms with van der Waals surface area (Å²) < 4.78 is 0. The van der Waals surface area contributed by atoms with Gasteiger partial charge in [-0.25, -0.2) is 0 Å². The maximum Gasteiger partial charge on any atom is 0.220 e. The molecule has 0 bridgehead atoms. The van der Waals surface area contributed by atoms with Crippen LogP contribution < -0.4 is 10.6 Å². The Balaban J connectivity index is 1.83. The quantitative estimate of drug-likeness (QED) is 0.782. The minimum Gasteiger partial charge on any atom is -0.387 e. The maximum atomic E-state index is 12.2. The van der Waals surface area contributed by atoms with E-state index in [2.05, 4.69) is 38.3 Å². The maximum absolute atomic E-state index is 12.2. The molecule has 1 heterocycles. The van der Waals surface area contributed by atoms with Gasteiger partial charge in [0.2, 0.25) is 5.91 Å². The zero-order valence-corrected chi connectivity index (χ0v) is 14.7. The van der Waals surface area contributed by atoms with Gasteiger partial charge in [-0.3, -0.25) is 4.79 Å². The fraction of sp³-hybridized carbons (Fsp3) is 0.632. The molecule has 4 heteroatoms. The highest BCUT2D eigenvalue weighted by Gasteiger charge is 2.38. The lowest BCUT2D eigenvalue weighted by molar-refractivity contribution is -0.123. The summed E-state index contributed by atoms with van der Waals surface area (Å²) in [5, 5.41) is 16.6. The molecule has 0 spiro atoms. The molecule has 1 aliphatic heterocycles. The lowest BCUT2D eigenvalue weighted by Crippen LogP contribution is -2.58. The zero-order valence-electron chi connectivity index (χ0n) is 14.7. The van der Waals surface area contributed by atoms with Crippen LogP contribution in [0.2, 0.25) is 0 Å². The highest BCUT2D eigenvalue weighted by Crippen LogP contribution is 2.34. The van der Waals surface area contributed by atoms with Gasteiger partial charge in [0, 0.05) is 24.0 Å². The Hall–Kier alpha value is -1.39. The van der Waals surface area contributed by atoms with Crippen molar-refractivity contribution in [1.29, 1.82) is 0 Å². The highest BCUT2D eigenvalue weighted by atomic mass is 16.3. The van der Waals surface area contributed by atoms with Crippen LogP contribution in [0.3, 0.4) is 0 Å². The monoisotopic (exact) mass is 318 g/mol. The van der Waals surface area contributed by atoms with Gasteiger partial charge < -0.3 is 15.7 Å². The summed E-state index contributed by atoms with van der Waals surface area (Å²) in [6.45, 7) is 9.03. The Labute approximate surface area is 139 Å². The summed E-state index contributed by atoms with van der Waals surface area (Å²) >= 11 is 0. The molecule has 2 rings (SSSR count). The smallest absolute Gasteiger partial charge is 0.220 e. The molecule has 1 amide bonds. The topological polar surface area (TPSA) is 61.4 Å². The van der Waals surface area contributed by atoms with Gasteiger partial charge in [-0.1, -0.05) is 30.3 Å². The van der Waals surface area contributed by atoms with Crippen molar-refractivity contribution in [1.82, 2.24) is 10.6 Å². The van der Waals surface area contributed by atoms with Crippen molar-refractivity contribution in [3.63, 3.8) is 0 Å². The van der Waals surface area contributed by atoms with Crippen LogP contribution in [0.4, 0.5) is 0 Å². The van der Waals surface area contributed by atoms with Gasteiger partial charge in [0.25, 0.3) is 0 Å². The molecule has 1 aromatic rings. The van der Waals surface area contributed by atoms with Crippen LogP contribution in [0, 0.1) is 5.92 Å². The molecule has 0 saturated carbocycles. The second-order valence-corrected chi connectivity index (χ2v) is 8.10. The highest BCUT2D eigenvalue weighted by molar-refractivity contribution is 5.76. The fourth-order valence-electron chi connectivity index (χ4n) is 4.02. The normalized spacial score (nSPS) is 21.6. The van der Waals surface area contributed by atoms with Crippen molar-refractivity contribution in [2.75, 3.05) is 6.54 Å². The summed E-state index contributed by atoms with van der Waals surface area (Å²) in [7, 11) is 0. The molecule has 1 aromatic carbocycles. The average Bonchev–Trinajstić information content (AvgIpc) is 2.42. The second kappa shape index (κ2) is 7.02. The average molecular weight is 318 g/mol. The Kier molecular flexibility index (Phi) is 5.48. The molecule has 3 N–H and O–H groups in total. The molecule has 0 unspecified atom stereocenters. The SMILES string of the molecule is CC1(C)CC(CC(=O)NC[C@@H](O)c2ccccc2)CC(C)(C)N1. The Bertz CT molecular complexity index is 509. The van der Waals surface area contributed by atoms with Crippen molar-refractivity contribution < 1.29 is 9.90 Å². The van der Waals surface area contributed by atoms with E-state index in [0.29, 0.717) is 12.3 Å². The first-order chi connectivity index (χ1) is 10.7. The van der Waals surface area contributed by atoms with E-state index in [0.717, 1.165) is 18.4 Å².